The Kier molecular flexibility index (Phi) is 5.13. The molecule has 6 nitrogen and oxygen atoms in total. The van der Waals surface area contributed by atoms with Gasteiger partial charge >= 0.3 is 0 Å². The second kappa shape index (κ2) is 7.31. The summed E-state index contributed by atoms with van der Waals surface area (Å²) in [5.74, 6) is 0.767. The summed E-state index contributed by atoms with van der Waals surface area (Å²) < 4.78 is 2.95. The number of rotatable bonds is 5. The van der Waals surface area contributed by atoms with Crippen LogP contribution in [-0.2, 0) is 6.42 Å². The topological polar surface area (TPSA) is 72.7 Å². The number of benzene rings is 1. The van der Waals surface area contributed by atoms with Crippen LogP contribution in [0.3, 0.4) is 0 Å². The maximum absolute atomic E-state index is 12.6. The maximum Gasteiger partial charge on any atom is 0.252 e. The summed E-state index contributed by atoms with van der Waals surface area (Å²) >= 11 is 3.45. The second-order valence-corrected chi connectivity index (χ2v) is 7.14. The van der Waals surface area contributed by atoms with Gasteiger partial charge < -0.3 is 9.88 Å². The Hall–Kier alpha value is -2.28. The molecule has 0 aliphatic rings. The quantitative estimate of drug-likeness (QED) is 0.710. The van der Waals surface area contributed by atoms with Gasteiger partial charge in [-0.1, -0.05) is 22.0 Å². The molecule has 1 aromatic carbocycles. The third kappa shape index (κ3) is 3.87. The number of hydrogen-bond acceptors (Lipinski definition) is 4. The number of carbonyl (C=O) groups is 1. The number of halogens is 1. The molecule has 2 heterocycles. The number of nitrogens with one attached hydrogen (secondary N) is 1. The molecule has 3 aromatic rings. The SMILES string of the molecule is Cc1cc(C(=O)NCCc2nncn2C(C)C)c2ccc(Br)cc2n1. The average Bonchev–Trinajstić information content (AvgIpc) is 3.02. The minimum absolute atomic E-state index is 0.103. The van der Waals surface area contributed by atoms with Crippen LogP contribution >= 0.6 is 15.9 Å². The van der Waals surface area contributed by atoms with Crippen LogP contribution in [0.15, 0.2) is 35.1 Å². The van der Waals surface area contributed by atoms with Crippen molar-refractivity contribution in [1.82, 2.24) is 25.1 Å². The lowest BCUT2D eigenvalue weighted by atomic mass is 10.1. The molecule has 0 bridgehead atoms. The Labute approximate surface area is 154 Å². The molecule has 0 aliphatic carbocycles. The van der Waals surface area contributed by atoms with Crippen LogP contribution < -0.4 is 5.32 Å². The van der Waals surface area contributed by atoms with Gasteiger partial charge in [0, 0.05) is 34.6 Å². The number of aromatic nitrogens is 4. The summed E-state index contributed by atoms with van der Waals surface area (Å²) in [5.41, 5.74) is 2.26. The maximum atomic E-state index is 12.6. The normalized spacial score (nSPS) is 11.2. The Morgan fingerprint density at radius 2 is 2.12 bits per heavy atom. The predicted molar refractivity (Wildman–Crippen MR) is 101 cm³/mol. The fourth-order valence-electron chi connectivity index (χ4n) is 2.78. The first-order valence-electron chi connectivity index (χ1n) is 8.19. The number of pyridine rings is 1. The molecule has 0 saturated carbocycles. The second-order valence-electron chi connectivity index (χ2n) is 6.23. The summed E-state index contributed by atoms with van der Waals surface area (Å²) in [4.78, 5) is 17.1. The van der Waals surface area contributed by atoms with Gasteiger partial charge in [-0.05, 0) is 39.0 Å². The highest BCUT2D eigenvalue weighted by Gasteiger charge is 2.13. The van der Waals surface area contributed by atoms with Crippen molar-refractivity contribution in [3.63, 3.8) is 0 Å². The number of amides is 1. The fourth-order valence-corrected chi connectivity index (χ4v) is 3.13. The molecule has 7 heteroatoms. The van der Waals surface area contributed by atoms with Crippen LogP contribution in [0.5, 0.6) is 0 Å². The third-order valence-corrected chi connectivity index (χ3v) is 4.48. The molecular weight excluding hydrogens is 382 g/mol. The van der Waals surface area contributed by atoms with Gasteiger partial charge in [-0.15, -0.1) is 10.2 Å². The summed E-state index contributed by atoms with van der Waals surface area (Å²) in [6.45, 7) is 6.55. The van der Waals surface area contributed by atoms with Gasteiger partial charge in [-0.2, -0.15) is 0 Å². The molecule has 0 unspecified atom stereocenters. The van der Waals surface area contributed by atoms with E-state index in [4.69, 9.17) is 0 Å². The van der Waals surface area contributed by atoms with Crippen LogP contribution in [0.25, 0.3) is 10.9 Å². The van der Waals surface area contributed by atoms with Crippen molar-refractivity contribution in [2.45, 2.75) is 33.2 Å². The number of carbonyl (C=O) groups excluding carboxylic acids is 1. The van der Waals surface area contributed by atoms with Crippen molar-refractivity contribution in [3.8, 4) is 0 Å². The van der Waals surface area contributed by atoms with E-state index in [0.29, 0.717) is 24.6 Å². The molecular formula is C18H20BrN5O. The summed E-state index contributed by atoms with van der Waals surface area (Å²) in [6, 6.07) is 7.87. The van der Waals surface area contributed by atoms with Crippen molar-refractivity contribution in [2.24, 2.45) is 0 Å². The van der Waals surface area contributed by atoms with E-state index in [0.717, 1.165) is 26.9 Å². The van der Waals surface area contributed by atoms with E-state index in [1.807, 2.05) is 35.8 Å². The van der Waals surface area contributed by atoms with E-state index in [9.17, 15) is 4.79 Å². The molecule has 2 aromatic heterocycles. The van der Waals surface area contributed by atoms with Crippen LogP contribution in [0, 0.1) is 6.92 Å². The molecule has 0 spiro atoms. The van der Waals surface area contributed by atoms with Crippen molar-refractivity contribution in [3.05, 3.63) is 52.1 Å². The van der Waals surface area contributed by atoms with Gasteiger partial charge in [0.2, 0.25) is 0 Å². The predicted octanol–water partition coefficient (Wildman–Crippen LogP) is 3.45. The van der Waals surface area contributed by atoms with Crippen molar-refractivity contribution in [1.29, 1.82) is 0 Å². The zero-order valence-electron chi connectivity index (χ0n) is 14.5. The third-order valence-electron chi connectivity index (χ3n) is 3.98. The zero-order chi connectivity index (χ0) is 18.0. The first-order valence-corrected chi connectivity index (χ1v) is 8.98. The summed E-state index contributed by atoms with van der Waals surface area (Å²) in [7, 11) is 0. The van der Waals surface area contributed by atoms with Crippen LogP contribution in [0.1, 0.15) is 41.8 Å². The molecule has 1 N–H and O–H groups in total. The van der Waals surface area contributed by atoms with Crippen molar-refractivity contribution < 1.29 is 4.79 Å². The van der Waals surface area contributed by atoms with Crippen LogP contribution in [-0.4, -0.2) is 32.2 Å². The van der Waals surface area contributed by atoms with Gasteiger partial charge in [-0.25, -0.2) is 0 Å². The molecule has 1 amide bonds. The first kappa shape index (κ1) is 17.5. The molecule has 0 radical (unpaired) electrons. The van der Waals surface area contributed by atoms with E-state index in [2.05, 4.69) is 50.3 Å². The van der Waals surface area contributed by atoms with E-state index in [-0.39, 0.29) is 5.91 Å². The molecule has 3 rings (SSSR count). The summed E-state index contributed by atoms with van der Waals surface area (Å²) in [6.07, 6.45) is 2.36. The van der Waals surface area contributed by atoms with Gasteiger partial charge in [0.05, 0.1) is 11.1 Å². The highest BCUT2D eigenvalue weighted by atomic mass is 79.9. The molecule has 0 saturated heterocycles. The lowest BCUT2D eigenvalue weighted by Gasteiger charge is -2.11. The monoisotopic (exact) mass is 401 g/mol. The molecule has 0 fully saturated rings. The first-order chi connectivity index (χ1) is 12.0. The Balaban J connectivity index is 1.75. The van der Waals surface area contributed by atoms with E-state index >= 15 is 0 Å². The number of fused-ring (bicyclic) bond motifs is 1. The number of aryl methyl sites for hydroxylation is 1. The van der Waals surface area contributed by atoms with E-state index in [1.54, 1.807) is 6.33 Å². The number of nitrogens with zero attached hydrogens (tertiary/aromatic N) is 4. The average molecular weight is 402 g/mol. The zero-order valence-corrected chi connectivity index (χ0v) is 16.0. The highest BCUT2D eigenvalue weighted by Crippen LogP contribution is 2.22. The van der Waals surface area contributed by atoms with E-state index in [1.165, 1.54) is 0 Å². The molecule has 25 heavy (non-hydrogen) atoms. The summed E-state index contributed by atoms with van der Waals surface area (Å²) in [5, 5.41) is 11.9. The van der Waals surface area contributed by atoms with Gasteiger partial charge in [0.25, 0.3) is 5.91 Å². The minimum Gasteiger partial charge on any atom is -0.352 e. The Morgan fingerprint density at radius 1 is 1.32 bits per heavy atom. The largest absolute Gasteiger partial charge is 0.352 e. The lowest BCUT2D eigenvalue weighted by Crippen LogP contribution is -2.27. The molecule has 130 valence electrons. The lowest BCUT2D eigenvalue weighted by molar-refractivity contribution is 0.0955. The van der Waals surface area contributed by atoms with Crippen molar-refractivity contribution >= 4 is 32.7 Å². The fraction of sp³-hybridized carbons (Fsp3) is 0.333. The Bertz CT molecular complexity index is 914. The highest BCUT2D eigenvalue weighted by molar-refractivity contribution is 9.10. The van der Waals surface area contributed by atoms with Crippen LogP contribution in [0.2, 0.25) is 0 Å². The van der Waals surface area contributed by atoms with Gasteiger partial charge in [-0.3, -0.25) is 9.78 Å². The van der Waals surface area contributed by atoms with Crippen LogP contribution in [0.4, 0.5) is 0 Å². The smallest absolute Gasteiger partial charge is 0.252 e. The standard InChI is InChI=1S/C18H20BrN5O/c1-11(2)24-10-21-23-17(24)6-7-20-18(25)15-8-12(3)22-16-9-13(19)4-5-14(15)16/h4-5,8-11H,6-7H2,1-3H3,(H,20,25). The number of hydrogen-bond donors (Lipinski definition) is 1. The minimum atomic E-state index is -0.103. The molecule has 0 aliphatic heterocycles. The molecule has 0 atom stereocenters. The van der Waals surface area contributed by atoms with Gasteiger partial charge in [0.15, 0.2) is 0 Å². The Morgan fingerprint density at radius 3 is 2.88 bits per heavy atom. The van der Waals surface area contributed by atoms with Crippen molar-refractivity contribution in [2.75, 3.05) is 6.54 Å². The van der Waals surface area contributed by atoms with Gasteiger partial charge in [0.1, 0.15) is 12.2 Å². The van der Waals surface area contributed by atoms with E-state index < -0.39 is 0 Å².